The number of hydrogen-bond acceptors (Lipinski definition) is 3. The van der Waals surface area contributed by atoms with E-state index >= 15 is 0 Å². The summed E-state index contributed by atoms with van der Waals surface area (Å²) in [5.41, 5.74) is 0. The monoisotopic (exact) mass is 149 g/mol. The zero-order valence-electron chi connectivity index (χ0n) is 5.39. The highest BCUT2D eigenvalue weighted by molar-refractivity contribution is 7.99. The largest absolute Gasteiger partial charge is 0.481 e. The molecule has 0 aliphatic carbocycles. The molecule has 0 aromatic carbocycles. The Kier molecular flexibility index (Phi) is 5.76. The van der Waals surface area contributed by atoms with E-state index in [-0.39, 0.29) is 5.75 Å². The van der Waals surface area contributed by atoms with E-state index in [2.05, 4.69) is 5.32 Å². The summed E-state index contributed by atoms with van der Waals surface area (Å²) in [5, 5.41) is 11.1. The molecule has 0 fully saturated rings. The average molecular weight is 149 g/mol. The summed E-state index contributed by atoms with van der Waals surface area (Å²) >= 11 is 1.42. The van der Waals surface area contributed by atoms with Crippen LogP contribution in [0.3, 0.4) is 0 Å². The van der Waals surface area contributed by atoms with Gasteiger partial charge in [0.1, 0.15) is 0 Å². The molecule has 4 heteroatoms. The molecule has 0 aromatic rings. The third kappa shape index (κ3) is 7.78. The SMILES string of the molecule is CNCCSCC(=O)O. The molecular weight excluding hydrogens is 138 g/mol. The lowest BCUT2D eigenvalue weighted by Crippen LogP contribution is -2.11. The van der Waals surface area contributed by atoms with Gasteiger partial charge < -0.3 is 10.4 Å². The van der Waals surface area contributed by atoms with Crippen molar-refractivity contribution in [3.8, 4) is 0 Å². The topological polar surface area (TPSA) is 49.3 Å². The highest BCUT2D eigenvalue weighted by atomic mass is 32.2. The van der Waals surface area contributed by atoms with Gasteiger partial charge in [0.2, 0.25) is 0 Å². The van der Waals surface area contributed by atoms with E-state index in [1.807, 2.05) is 7.05 Å². The minimum absolute atomic E-state index is 0.210. The third-order valence-electron chi connectivity index (χ3n) is 0.722. The highest BCUT2D eigenvalue weighted by Crippen LogP contribution is 1.95. The highest BCUT2D eigenvalue weighted by Gasteiger charge is 1.93. The minimum Gasteiger partial charge on any atom is -0.481 e. The lowest BCUT2D eigenvalue weighted by atomic mass is 10.8. The van der Waals surface area contributed by atoms with Crippen molar-refractivity contribution in [1.29, 1.82) is 0 Å². The second-order valence-corrected chi connectivity index (χ2v) is 2.66. The lowest BCUT2D eigenvalue weighted by molar-refractivity contribution is -0.133. The van der Waals surface area contributed by atoms with Crippen LogP contribution in [-0.4, -0.2) is 36.2 Å². The van der Waals surface area contributed by atoms with Crippen molar-refractivity contribution in [2.24, 2.45) is 0 Å². The predicted molar refractivity (Wildman–Crippen MR) is 38.9 cm³/mol. The molecule has 0 saturated carbocycles. The average Bonchev–Trinajstić information content (AvgIpc) is 1.80. The van der Waals surface area contributed by atoms with Gasteiger partial charge in [-0.2, -0.15) is 0 Å². The second kappa shape index (κ2) is 5.91. The molecule has 0 radical (unpaired) electrons. The standard InChI is InChI=1S/C5H11NO2S/c1-6-2-3-9-4-5(7)8/h6H,2-4H2,1H3,(H,7,8). The molecule has 0 heterocycles. The van der Waals surface area contributed by atoms with Crippen LogP contribution >= 0.6 is 11.8 Å². The summed E-state index contributed by atoms with van der Waals surface area (Å²) in [5.74, 6) is 0.334. The summed E-state index contributed by atoms with van der Waals surface area (Å²) in [6, 6.07) is 0. The van der Waals surface area contributed by atoms with Crippen LogP contribution in [0.25, 0.3) is 0 Å². The van der Waals surface area contributed by atoms with Crippen LogP contribution in [0.15, 0.2) is 0 Å². The van der Waals surface area contributed by atoms with Crippen LogP contribution in [-0.2, 0) is 4.79 Å². The van der Waals surface area contributed by atoms with Crippen LogP contribution in [0.4, 0.5) is 0 Å². The maximum atomic E-state index is 9.92. The number of rotatable bonds is 5. The Morgan fingerprint density at radius 2 is 2.44 bits per heavy atom. The van der Waals surface area contributed by atoms with Gasteiger partial charge in [-0.3, -0.25) is 4.79 Å². The number of carboxylic acid groups (broad SMARTS) is 1. The first kappa shape index (κ1) is 8.78. The van der Waals surface area contributed by atoms with Crippen LogP contribution < -0.4 is 5.32 Å². The fraction of sp³-hybridized carbons (Fsp3) is 0.800. The fourth-order valence-corrected chi connectivity index (χ4v) is 1.00. The van der Waals surface area contributed by atoms with Gasteiger partial charge >= 0.3 is 5.97 Å². The van der Waals surface area contributed by atoms with E-state index in [1.165, 1.54) is 11.8 Å². The second-order valence-electron chi connectivity index (χ2n) is 1.55. The Bertz CT molecular complexity index is 87.0. The predicted octanol–water partition coefficient (Wildman–Crippen LogP) is 0.0236. The molecule has 0 bridgehead atoms. The molecule has 0 atom stereocenters. The molecule has 0 aromatic heterocycles. The van der Waals surface area contributed by atoms with Gasteiger partial charge in [0.05, 0.1) is 5.75 Å². The Hall–Kier alpha value is -0.220. The number of hydrogen-bond donors (Lipinski definition) is 2. The summed E-state index contributed by atoms with van der Waals surface area (Å²) in [6.45, 7) is 0.873. The molecule has 0 rings (SSSR count). The molecule has 3 nitrogen and oxygen atoms in total. The summed E-state index contributed by atoms with van der Waals surface area (Å²) < 4.78 is 0. The Balaban J connectivity index is 2.83. The number of thioether (sulfide) groups is 1. The van der Waals surface area contributed by atoms with Gasteiger partial charge in [-0.15, -0.1) is 11.8 Å². The lowest BCUT2D eigenvalue weighted by Gasteiger charge is -1.95. The van der Waals surface area contributed by atoms with Crippen molar-refractivity contribution >= 4 is 17.7 Å². The van der Waals surface area contributed by atoms with E-state index < -0.39 is 5.97 Å². The van der Waals surface area contributed by atoms with Crippen LogP contribution in [0, 0.1) is 0 Å². The normalized spacial score (nSPS) is 9.44. The fourth-order valence-electron chi connectivity index (χ4n) is 0.334. The first-order valence-corrected chi connectivity index (χ1v) is 3.87. The third-order valence-corrected chi connectivity index (χ3v) is 1.67. The van der Waals surface area contributed by atoms with Crippen molar-refractivity contribution < 1.29 is 9.90 Å². The van der Waals surface area contributed by atoms with Gasteiger partial charge in [-0.05, 0) is 7.05 Å². The summed E-state index contributed by atoms with van der Waals surface area (Å²) in [4.78, 5) is 9.92. The maximum absolute atomic E-state index is 9.92. The van der Waals surface area contributed by atoms with E-state index in [1.54, 1.807) is 0 Å². The van der Waals surface area contributed by atoms with Crippen molar-refractivity contribution in [2.45, 2.75) is 0 Å². The van der Waals surface area contributed by atoms with E-state index in [4.69, 9.17) is 5.11 Å². The smallest absolute Gasteiger partial charge is 0.313 e. The summed E-state index contributed by atoms with van der Waals surface area (Å²) in [7, 11) is 1.85. The zero-order valence-corrected chi connectivity index (χ0v) is 6.20. The molecule has 0 aliphatic heterocycles. The van der Waals surface area contributed by atoms with Gasteiger partial charge in [-0.1, -0.05) is 0 Å². The number of aliphatic carboxylic acids is 1. The number of nitrogens with one attached hydrogen (secondary N) is 1. The van der Waals surface area contributed by atoms with Gasteiger partial charge in [0.25, 0.3) is 0 Å². The van der Waals surface area contributed by atoms with E-state index in [0.29, 0.717) is 0 Å². The molecule has 54 valence electrons. The zero-order chi connectivity index (χ0) is 7.11. The molecule has 0 spiro atoms. The molecular formula is C5H11NO2S. The Morgan fingerprint density at radius 1 is 1.78 bits per heavy atom. The summed E-state index contributed by atoms with van der Waals surface area (Å²) in [6.07, 6.45) is 0. The molecule has 0 aliphatic rings. The molecule has 0 amide bonds. The molecule has 0 unspecified atom stereocenters. The maximum Gasteiger partial charge on any atom is 0.313 e. The van der Waals surface area contributed by atoms with Gasteiger partial charge in [0, 0.05) is 12.3 Å². The quantitative estimate of drug-likeness (QED) is 0.541. The van der Waals surface area contributed by atoms with Crippen molar-refractivity contribution in [3.63, 3.8) is 0 Å². The number of carboxylic acids is 1. The van der Waals surface area contributed by atoms with Gasteiger partial charge in [0.15, 0.2) is 0 Å². The van der Waals surface area contributed by atoms with Crippen molar-refractivity contribution in [2.75, 3.05) is 25.1 Å². The minimum atomic E-state index is -0.740. The van der Waals surface area contributed by atoms with Gasteiger partial charge in [-0.25, -0.2) is 0 Å². The van der Waals surface area contributed by atoms with Crippen molar-refractivity contribution in [3.05, 3.63) is 0 Å². The van der Waals surface area contributed by atoms with Crippen molar-refractivity contribution in [1.82, 2.24) is 5.32 Å². The van der Waals surface area contributed by atoms with Crippen LogP contribution in [0.5, 0.6) is 0 Å². The first-order valence-electron chi connectivity index (χ1n) is 2.71. The van der Waals surface area contributed by atoms with Crippen LogP contribution in [0.1, 0.15) is 0 Å². The molecule has 9 heavy (non-hydrogen) atoms. The molecule has 0 saturated heterocycles. The number of carbonyl (C=O) groups is 1. The first-order chi connectivity index (χ1) is 4.27. The Morgan fingerprint density at radius 3 is 2.89 bits per heavy atom. The molecule has 2 N–H and O–H groups in total. The Labute approximate surface area is 58.8 Å². The van der Waals surface area contributed by atoms with Crippen LogP contribution in [0.2, 0.25) is 0 Å². The van der Waals surface area contributed by atoms with E-state index in [9.17, 15) is 4.79 Å². The van der Waals surface area contributed by atoms with E-state index in [0.717, 1.165) is 12.3 Å².